The summed E-state index contributed by atoms with van der Waals surface area (Å²) in [5.41, 5.74) is 8.06. The fraction of sp³-hybridized carbons (Fsp3) is 0.167. The molecular formula is C12H13FN4. The normalized spacial score (nSPS) is 10.2. The number of nitrogens with two attached hydrogens (primary N) is 1. The third-order valence-electron chi connectivity index (χ3n) is 2.46. The number of rotatable bonds is 3. The fourth-order valence-corrected chi connectivity index (χ4v) is 1.41. The summed E-state index contributed by atoms with van der Waals surface area (Å²) < 4.78 is 12.7. The van der Waals surface area contributed by atoms with Gasteiger partial charge >= 0.3 is 0 Å². The number of nitrogens with one attached hydrogen (secondary N) is 1. The highest BCUT2D eigenvalue weighted by Crippen LogP contribution is 2.17. The predicted molar refractivity (Wildman–Crippen MR) is 64.9 cm³/mol. The van der Waals surface area contributed by atoms with Crippen LogP contribution in [-0.4, -0.2) is 9.97 Å². The van der Waals surface area contributed by atoms with Gasteiger partial charge in [0.05, 0.1) is 11.4 Å². The summed E-state index contributed by atoms with van der Waals surface area (Å²) in [5, 5.41) is 3.09. The molecule has 0 atom stereocenters. The molecule has 0 saturated carbocycles. The minimum Gasteiger partial charge on any atom is -0.394 e. The molecule has 0 fully saturated rings. The van der Waals surface area contributed by atoms with Gasteiger partial charge < -0.3 is 11.1 Å². The van der Waals surface area contributed by atoms with Crippen LogP contribution in [0.2, 0.25) is 0 Å². The van der Waals surface area contributed by atoms with Gasteiger partial charge in [-0.2, -0.15) is 0 Å². The smallest absolute Gasteiger partial charge is 0.153 e. The van der Waals surface area contributed by atoms with E-state index in [1.807, 2.05) is 6.92 Å². The van der Waals surface area contributed by atoms with Gasteiger partial charge in [0.15, 0.2) is 5.82 Å². The molecule has 0 aliphatic carbocycles. The van der Waals surface area contributed by atoms with Gasteiger partial charge in [-0.05, 0) is 24.6 Å². The molecule has 0 saturated heterocycles. The molecule has 2 aromatic rings. The first-order valence-electron chi connectivity index (χ1n) is 5.22. The van der Waals surface area contributed by atoms with Crippen molar-refractivity contribution in [1.29, 1.82) is 0 Å². The molecule has 0 unspecified atom stereocenters. The van der Waals surface area contributed by atoms with Crippen LogP contribution in [0, 0.1) is 12.7 Å². The Morgan fingerprint density at radius 1 is 1.24 bits per heavy atom. The van der Waals surface area contributed by atoms with Crippen LogP contribution in [0.25, 0.3) is 0 Å². The van der Waals surface area contributed by atoms with Crippen LogP contribution in [0.5, 0.6) is 0 Å². The topological polar surface area (TPSA) is 63.8 Å². The van der Waals surface area contributed by atoms with Crippen molar-refractivity contribution in [2.24, 2.45) is 0 Å². The molecule has 1 heterocycles. The van der Waals surface area contributed by atoms with E-state index in [4.69, 9.17) is 5.73 Å². The molecular weight excluding hydrogens is 219 g/mol. The third-order valence-corrected chi connectivity index (χ3v) is 2.46. The molecule has 1 aromatic heterocycles. The summed E-state index contributed by atoms with van der Waals surface area (Å²) in [7, 11) is 0. The van der Waals surface area contributed by atoms with Crippen LogP contribution in [0.15, 0.2) is 30.6 Å². The Labute approximate surface area is 98.7 Å². The van der Waals surface area contributed by atoms with E-state index < -0.39 is 0 Å². The van der Waals surface area contributed by atoms with E-state index in [9.17, 15) is 4.39 Å². The van der Waals surface area contributed by atoms with Crippen molar-refractivity contribution in [2.45, 2.75) is 13.5 Å². The number of anilines is 2. The zero-order valence-electron chi connectivity index (χ0n) is 9.44. The number of halogens is 1. The number of hydrogen-bond acceptors (Lipinski definition) is 4. The second-order valence-electron chi connectivity index (χ2n) is 3.70. The molecule has 1 aromatic carbocycles. The van der Waals surface area contributed by atoms with E-state index in [1.54, 1.807) is 12.1 Å². The summed E-state index contributed by atoms with van der Waals surface area (Å²) in [6.07, 6.45) is 1.46. The number of aromatic nitrogens is 2. The molecule has 2 rings (SSSR count). The molecule has 17 heavy (non-hydrogen) atoms. The number of nitrogens with zero attached hydrogens (tertiary/aromatic N) is 2. The molecule has 0 aliphatic heterocycles. The molecule has 0 spiro atoms. The van der Waals surface area contributed by atoms with Crippen LogP contribution in [-0.2, 0) is 6.54 Å². The molecule has 0 amide bonds. The van der Waals surface area contributed by atoms with E-state index in [1.165, 1.54) is 18.5 Å². The van der Waals surface area contributed by atoms with Gasteiger partial charge in [-0.1, -0.05) is 12.1 Å². The molecule has 0 radical (unpaired) electrons. The van der Waals surface area contributed by atoms with Crippen molar-refractivity contribution >= 4 is 11.5 Å². The van der Waals surface area contributed by atoms with Gasteiger partial charge in [0.2, 0.25) is 0 Å². The van der Waals surface area contributed by atoms with Crippen molar-refractivity contribution in [3.8, 4) is 0 Å². The minimum atomic E-state index is -0.244. The number of aryl methyl sites for hydroxylation is 1. The van der Waals surface area contributed by atoms with Crippen LogP contribution in [0.1, 0.15) is 11.3 Å². The first-order chi connectivity index (χ1) is 8.16. The van der Waals surface area contributed by atoms with Crippen LogP contribution >= 0.6 is 0 Å². The van der Waals surface area contributed by atoms with E-state index in [0.717, 1.165) is 11.3 Å². The van der Waals surface area contributed by atoms with E-state index in [2.05, 4.69) is 15.3 Å². The Bertz CT molecular complexity index is 510. The molecule has 3 N–H and O–H groups in total. The van der Waals surface area contributed by atoms with Crippen molar-refractivity contribution in [3.05, 3.63) is 47.7 Å². The average Bonchev–Trinajstić information content (AvgIpc) is 2.33. The number of nitrogen functional groups attached to an aromatic ring is 1. The zero-order chi connectivity index (χ0) is 12.3. The molecule has 4 nitrogen and oxygen atoms in total. The maximum absolute atomic E-state index is 12.7. The van der Waals surface area contributed by atoms with Crippen LogP contribution in [0.3, 0.4) is 0 Å². The Morgan fingerprint density at radius 2 is 1.94 bits per heavy atom. The van der Waals surface area contributed by atoms with Crippen molar-refractivity contribution < 1.29 is 4.39 Å². The average molecular weight is 232 g/mol. The fourth-order valence-electron chi connectivity index (χ4n) is 1.41. The standard InChI is InChI=1S/C12H13FN4/c1-8-11(14)12(17-7-16-8)15-6-9-2-4-10(13)5-3-9/h2-5,7H,6,14H2,1H3,(H,15,16,17). The summed E-state index contributed by atoms with van der Waals surface area (Å²) in [6.45, 7) is 2.36. The highest BCUT2D eigenvalue weighted by atomic mass is 19.1. The van der Waals surface area contributed by atoms with Gasteiger partial charge in [-0.15, -0.1) is 0 Å². The Hall–Kier alpha value is -2.17. The van der Waals surface area contributed by atoms with E-state index in [-0.39, 0.29) is 5.82 Å². The van der Waals surface area contributed by atoms with Crippen LogP contribution in [0.4, 0.5) is 15.9 Å². The van der Waals surface area contributed by atoms with Crippen molar-refractivity contribution in [2.75, 3.05) is 11.1 Å². The lowest BCUT2D eigenvalue weighted by Crippen LogP contribution is -2.06. The van der Waals surface area contributed by atoms with Gasteiger partial charge in [-0.3, -0.25) is 0 Å². The Balaban J connectivity index is 2.07. The second-order valence-corrected chi connectivity index (χ2v) is 3.70. The van der Waals surface area contributed by atoms with Gasteiger partial charge in [0.25, 0.3) is 0 Å². The third kappa shape index (κ3) is 2.69. The highest BCUT2D eigenvalue weighted by Gasteiger charge is 2.03. The van der Waals surface area contributed by atoms with Crippen molar-refractivity contribution in [1.82, 2.24) is 9.97 Å². The Morgan fingerprint density at radius 3 is 2.65 bits per heavy atom. The zero-order valence-corrected chi connectivity index (χ0v) is 9.44. The number of benzene rings is 1. The van der Waals surface area contributed by atoms with Crippen LogP contribution < -0.4 is 11.1 Å². The lowest BCUT2D eigenvalue weighted by molar-refractivity contribution is 0.627. The largest absolute Gasteiger partial charge is 0.394 e. The van der Waals surface area contributed by atoms with Gasteiger partial charge in [0, 0.05) is 6.54 Å². The molecule has 88 valence electrons. The highest BCUT2D eigenvalue weighted by molar-refractivity contribution is 5.62. The van der Waals surface area contributed by atoms with Gasteiger partial charge in [0.1, 0.15) is 12.1 Å². The molecule has 5 heteroatoms. The first-order valence-corrected chi connectivity index (χ1v) is 5.22. The molecule has 0 aliphatic rings. The predicted octanol–water partition coefficient (Wildman–Crippen LogP) is 2.12. The second kappa shape index (κ2) is 4.78. The number of hydrogen-bond donors (Lipinski definition) is 2. The minimum absolute atomic E-state index is 0.244. The van der Waals surface area contributed by atoms with Gasteiger partial charge in [-0.25, -0.2) is 14.4 Å². The lowest BCUT2D eigenvalue weighted by atomic mass is 10.2. The SMILES string of the molecule is Cc1ncnc(NCc2ccc(F)cc2)c1N. The summed E-state index contributed by atoms with van der Waals surface area (Å²) in [6, 6.07) is 6.27. The maximum atomic E-state index is 12.7. The van der Waals surface area contributed by atoms with Crippen molar-refractivity contribution in [3.63, 3.8) is 0 Å². The summed E-state index contributed by atoms with van der Waals surface area (Å²) in [5.74, 6) is 0.355. The summed E-state index contributed by atoms with van der Waals surface area (Å²) >= 11 is 0. The first kappa shape index (κ1) is 11.3. The van der Waals surface area contributed by atoms with E-state index >= 15 is 0 Å². The monoisotopic (exact) mass is 232 g/mol. The Kier molecular flexibility index (Phi) is 3.18. The maximum Gasteiger partial charge on any atom is 0.153 e. The summed E-state index contributed by atoms with van der Waals surface area (Å²) in [4.78, 5) is 8.03. The quantitative estimate of drug-likeness (QED) is 0.850. The van der Waals surface area contributed by atoms with E-state index in [0.29, 0.717) is 18.1 Å². The molecule has 0 bridgehead atoms. The lowest BCUT2D eigenvalue weighted by Gasteiger charge is -2.09.